The Kier molecular flexibility index (Phi) is 2.99. The maximum atomic E-state index is 5.97. The van der Waals surface area contributed by atoms with E-state index in [0.717, 1.165) is 21.2 Å². The quantitative estimate of drug-likeness (QED) is 0.656. The van der Waals surface area contributed by atoms with Crippen LogP contribution in [-0.4, -0.2) is 0 Å². The minimum atomic E-state index is 0.749. The summed E-state index contributed by atoms with van der Waals surface area (Å²) in [6.07, 6.45) is 0. The number of aryl methyl sites for hydroxylation is 1. The molecule has 0 aliphatic carbocycles. The first-order chi connectivity index (χ1) is 7.16. The minimum absolute atomic E-state index is 0.749. The van der Waals surface area contributed by atoms with Gasteiger partial charge in [-0.05, 0) is 47.9 Å². The summed E-state index contributed by atoms with van der Waals surface area (Å²) in [5.74, 6) is 0. The molecular formula is C13H10Cl2. The summed E-state index contributed by atoms with van der Waals surface area (Å²) in [6, 6.07) is 13.7. The van der Waals surface area contributed by atoms with Gasteiger partial charge in [0.2, 0.25) is 0 Å². The second-order valence-corrected chi connectivity index (χ2v) is 4.34. The maximum absolute atomic E-state index is 5.97. The topological polar surface area (TPSA) is 0 Å². The van der Waals surface area contributed by atoms with Crippen molar-refractivity contribution in [2.75, 3.05) is 0 Å². The van der Waals surface area contributed by atoms with Crippen molar-refractivity contribution in [3.05, 3.63) is 58.1 Å². The molecule has 0 saturated heterocycles. The van der Waals surface area contributed by atoms with Gasteiger partial charge in [-0.3, -0.25) is 0 Å². The van der Waals surface area contributed by atoms with E-state index < -0.39 is 0 Å². The third-order valence-corrected chi connectivity index (χ3v) is 2.84. The average Bonchev–Trinajstić information content (AvgIpc) is 2.23. The number of rotatable bonds is 1. The van der Waals surface area contributed by atoms with Crippen LogP contribution in [0.3, 0.4) is 0 Å². The van der Waals surface area contributed by atoms with Gasteiger partial charge < -0.3 is 0 Å². The lowest BCUT2D eigenvalue weighted by atomic mass is 10.0. The molecule has 0 aliphatic heterocycles. The van der Waals surface area contributed by atoms with Gasteiger partial charge >= 0.3 is 0 Å². The summed E-state index contributed by atoms with van der Waals surface area (Å²) < 4.78 is 0. The number of halogens is 2. The van der Waals surface area contributed by atoms with Gasteiger partial charge in [-0.25, -0.2) is 0 Å². The van der Waals surface area contributed by atoms with Crippen LogP contribution in [0, 0.1) is 6.92 Å². The molecule has 0 aliphatic rings. The van der Waals surface area contributed by atoms with Crippen LogP contribution in [0.4, 0.5) is 0 Å². The Bertz CT molecular complexity index is 472. The van der Waals surface area contributed by atoms with Gasteiger partial charge in [-0.1, -0.05) is 41.4 Å². The van der Waals surface area contributed by atoms with E-state index >= 15 is 0 Å². The molecule has 15 heavy (non-hydrogen) atoms. The molecule has 0 fully saturated rings. The first kappa shape index (κ1) is 10.5. The Morgan fingerprint density at radius 1 is 0.800 bits per heavy atom. The predicted octanol–water partition coefficient (Wildman–Crippen LogP) is 4.97. The van der Waals surface area contributed by atoms with E-state index in [1.165, 1.54) is 5.56 Å². The number of benzene rings is 2. The Hall–Kier alpha value is -0.980. The first-order valence-corrected chi connectivity index (χ1v) is 5.44. The van der Waals surface area contributed by atoms with Gasteiger partial charge in [0.25, 0.3) is 0 Å². The molecular weight excluding hydrogens is 227 g/mol. The van der Waals surface area contributed by atoms with E-state index in [1.54, 1.807) is 0 Å². The molecule has 2 heteroatoms. The van der Waals surface area contributed by atoms with Crippen LogP contribution in [0.25, 0.3) is 11.1 Å². The van der Waals surface area contributed by atoms with Crippen LogP contribution >= 0.6 is 23.2 Å². The number of hydrogen-bond acceptors (Lipinski definition) is 0. The summed E-state index contributed by atoms with van der Waals surface area (Å²) in [7, 11) is 0. The monoisotopic (exact) mass is 236 g/mol. The zero-order chi connectivity index (χ0) is 10.8. The molecule has 0 radical (unpaired) electrons. The standard InChI is InChI=1S/C13H10Cl2/c1-9-2-5-12(15)8-13(9)10-3-6-11(14)7-4-10/h2-8H,1H3. The van der Waals surface area contributed by atoms with Gasteiger partial charge in [0.15, 0.2) is 0 Å². The molecule has 0 atom stereocenters. The zero-order valence-corrected chi connectivity index (χ0v) is 9.81. The van der Waals surface area contributed by atoms with E-state index in [4.69, 9.17) is 23.2 Å². The fraction of sp³-hybridized carbons (Fsp3) is 0.0769. The van der Waals surface area contributed by atoms with Crippen LogP contribution < -0.4 is 0 Å². The fourth-order valence-corrected chi connectivity index (χ4v) is 1.83. The van der Waals surface area contributed by atoms with Gasteiger partial charge in [0, 0.05) is 10.0 Å². The highest BCUT2D eigenvalue weighted by atomic mass is 35.5. The van der Waals surface area contributed by atoms with E-state index in [1.807, 2.05) is 42.5 Å². The molecule has 0 aromatic heterocycles. The lowest BCUT2D eigenvalue weighted by Crippen LogP contribution is -1.82. The van der Waals surface area contributed by atoms with Crippen LogP contribution in [0.1, 0.15) is 5.56 Å². The largest absolute Gasteiger partial charge is 0.0843 e. The van der Waals surface area contributed by atoms with E-state index in [9.17, 15) is 0 Å². The Morgan fingerprint density at radius 2 is 1.40 bits per heavy atom. The molecule has 2 aromatic rings. The Morgan fingerprint density at radius 3 is 2.07 bits per heavy atom. The van der Waals surface area contributed by atoms with Crippen LogP contribution in [0.2, 0.25) is 10.0 Å². The van der Waals surface area contributed by atoms with Crippen molar-refractivity contribution in [3.63, 3.8) is 0 Å². The normalized spacial score (nSPS) is 10.3. The van der Waals surface area contributed by atoms with Crippen molar-refractivity contribution in [3.8, 4) is 11.1 Å². The summed E-state index contributed by atoms with van der Waals surface area (Å²) in [5.41, 5.74) is 3.50. The summed E-state index contributed by atoms with van der Waals surface area (Å²) >= 11 is 11.8. The molecule has 0 nitrogen and oxygen atoms in total. The molecule has 0 N–H and O–H groups in total. The van der Waals surface area contributed by atoms with Crippen molar-refractivity contribution >= 4 is 23.2 Å². The van der Waals surface area contributed by atoms with Gasteiger partial charge in [-0.15, -0.1) is 0 Å². The smallest absolute Gasteiger partial charge is 0.0412 e. The predicted molar refractivity (Wildman–Crippen MR) is 66.6 cm³/mol. The van der Waals surface area contributed by atoms with Crippen LogP contribution in [0.15, 0.2) is 42.5 Å². The van der Waals surface area contributed by atoms with E-state index in [0.29, 0.717) is 0 Å². The average molecular weight is 237 g/mol. The van der Waals surface area contributed by atoms with Gasteiger partial charge in [0.05, 0.1) is 0 Å². The second-order valence-electron chi connectivity index (χ2n) is 3.47. The SMILES string of the molecule is Cc1ccc(Cl)cc1-c1ccc(Cl)cc1. The molecule has 0 heterocycles. The Balaban J connectivity index is 2.53. The van der Waals surface area contributed by atoms with Crippen LogP contribution in [0.5, 0.6) is 0 Å². The lowest BCUT2D eigenvalue weighted by molar-refractivity contribution is 1.46. The summed E-state index contributed by atoms with van der Waals surface area (Å²) in [4.78, 5) is 0. The van der Waals surface area contributed by atoms with Crippen molar-refractivity contribution < 1.29 is 0 Å². The summed E-state index contributed by atoms with van der Waals surface area (Å²) in [5, 5.41) is 1.50. The van der Waals surface area contributed by atoms with E-state index in [-0.39, 0.29) is 0 Å². The highest BCUT2D eigenvalue weighted by Gasteiger charge is 2.02. The zero-order valence-electron chi connectivity index (χ0n) is 8.30. The summed E-state index contributed by atoms with van der Waals surface area (Å²) in [6.45, 7) is 2.07. The minimum Gasteiger partial charge on any atom is -0.0843 e. The highest BCUT2D eigenvalue weighted by molar-refractivity contribution is 6.31. The lowest BCUT2D eigenvalue weighted by Gasteiger charge is -2.06. The fourth-order valence-electron chi connectivity index (χ4n) is 1.53. The van der Waals surface area contributed by atoms with E-state index in [2.05, 4.69) is 6.92 Å². The third-order valence-electron chi connectivity index (χ3n) is 2.35. The first-order valence-electron chi connectivity index (χ1n) is 4.69. The molecule has 0 unspecified atom stereocenters. The molecule has 0 bridgehead atoms. The van der Waals surface area contributed by atoms with Gasteiger partial charge in [-0.2, -0.15) is 0 Å². The molecule has 2 aromatic carbocycles. The van der Waals surface area contributed by atoms with Crippen molar-refractivity contribution in [1.29, 1.82) is 0 Å². The molecule has 76 valence electrons. The second kappa shape index (κ2) is 4.26. The van der Waals surface area contributed by atoms with Crippen molar-refractivity contribution in [1.82, 2.24) is 0 Å². The number of hydrogen-bond donors (Lipinski definition) is 0. The molecule has 0 spiro atoms. The molecule has 2 rings (SSSR count). The molecule has 0 saturated carbocycles. The van der Waals surface area contributed by atoms with Gasteiger partial charge in [0.1, 0.15) is 0 Å². The van der Waals surface area contributed by atoms with Crippen LogP contribution in [-0.2, 0) is 0 Å². The Labute approximate surface area is 99.5 Å². The van der Waals surface area contributed by atoms with Crippen molar-refractivity contribution in [2.24, 2.45) is 0 Å². The highest BCUT2D eigenvalue weighted by Crippen LogP contribution is 2.27. The molecule has 0 amide bonds. The third kappa shape index (κ3) is 2.34. The maximum Gasteiger partial charge on any atom is 0.0412 e. The van der Waals surface area contributed by atoms with Crippen molar-refractivity contribution in [2.45, 2.75) is 6.92 Å².